The van der Waals surface area contributed by atoms with Crippen molar-refractivity contribution >= 4 is 23.2 Å². The van der Waals surface area contributed by atoms with E-state index in [4.69, 9.17) is 22.1 Å². The summed E-state index contributed by atoms with van der Waals surface area (Å²) in [6.45, 7) is 0.885. The fourth-order valence-electron chi connectivity index (χ4n) is 1.14. The summed E-state index contributed by atoms with van der Waals surface area (Å²) in [7, 11) is 1.57. The molecule has 0 fully saturated rings. The monoisotopic (exact) mass is 228 g/mol. The molecule has 0 aliphatic carbocycles. The molecule has 0 saturated heterocycles. The lowest BCUT2D eigenvalue weighted by molar-refractivity contribution is 0.0938. The number of hydrogen-bond donors (Lipinski definition) is 2. The minimum atomic E-state index is -0.282. The van der Waals surface area contributed by atoms with Crippen molar-refractivity contribution in [3.05, 3.63) is 28.8 Å². The van der Waals surface area contributed by atoms with Crippen LogP contribution in [0.25, 0.3) is 0 Å². The van der Waals surface area contributed by atoms with Crippen LogP contribution < -0.4 is 11.1 Å². The summed E-state index contributed by atoms with van der Waals surface area (Å²) < 4.78 is 4.81. The molecule has 0 aliphatic rings. The Hall–Kier alpha value is -1.26. The Morgan fingerprint density at radius 3 is 2.93 bits per heavy atom. The Balaban J connectivity index is 2.73. The highest BCUT2D eigenvalue weighted by Crippen LogP contribution is 2.21. The number of ether oxygens (including phenoxy) is 1. The first kappa shape index (κ1) is 11.8. The van der Waals surface area contributed by atoms with E-state index < -0.39 is 0 Å². The number of nitrogens with two attached hydrogens (primary N) is 1. The van der Waals surface area contributed by atoms with E-state index in [1.165, 1.54) is 0 Å². The highest BCUT2D eigenvalue weighted by atomic mass is 35.5. The molecule has 0 aliphatic heterocycles. The van der Waals surface area contributed by atoms with Gasteiger partial charge in [-0.3, -0.25) is 4.79 Å². The van der Waals surface area contributed by atoms with Crippen LogP contribution in [0.1, 0.15) is 10.4 Å². The highest BCUT2D eigenvalue weighted by Gasteiger charge is 2.12. The molecule has 1 rings (SSSR count). The first-order valence-electron chi connectivity index (χ1n) is 4.48. The molecule has 1 aromatic rings. The van der Waals surface area contributed by atoms with Crippen LogP contribution in [-0.2, 0) is 4.74 Å². The average molecular weight is 229 g/mol. The fraction of sp³-hybridized carbons (Fsp3) is 0.300. The molecule has 0 radical (unpaired) electrons. The van der Waals surface area contributed by atoms with E-state index in [9.17, 15) is 4.79 Å². The summed E-state index contributed by atoms with van der Waals surface area (Å²) >= 11 is 5.87. The topological polar surface area (TPSA) is 64.3 Å². The van der Waals surface area contributed by atoms with Crippen LogP contribution in [0.2, 0.25) is 5.02 Å². The van der Waals surface area contributed by atoms with Crippen LogP contribution in [-0.4, -0.2) is 26.2 Å². The lowest BCUT2D eigenvalue weighted by atomic mass is 10.1. The standard InChI is InChI=1S/C10H13ClN2O2/c1-15-6-5-13-10(14)9-7(11)3-2-4-8(9)12/h2-4H,5-6,12H2,1H3,(H,13,14). The summed E-state index contributed by atoms with van der Waals surface area (Å²) in [6.07, 6.45) is 0. The minimum Gasteiger partial charge on any atom is -0.398 e. The van der Waals surface area contributed by atoms with Crippen molar-refractivity contribution in [2.45, 2.75) is 0 Å². The molecule has 0 saturated carbocycles. The van der Waals surface area contributed by atoms with Gasteiger partial charge in [0, 0.05) is 19.3 Å². The van der Waals surface area contributed by atoms with Crippen molar-refractivity contribution in [3.8, 4) is 0 Å². The largest absolute Gasteiger partial charge is 0.398 e. The van der Waals surface area contributed by atoms with Crippen molar-refractivity contribution in [1.29, 1.82) is 0 Å². The Bertz CT molecular complexity index is 335. The van der Waals surface area contributed by atoms with Gasteiger partial charge in [-0.25, -0.2) is 0 Å². The third-order valence-corrected chi connectivity index (χ3v) is 2.18. The molecule has 1 aromatic carbocycles. The van der Waals surface area contributed by atoms with Crippen LogP contribution in [0.5, 0.6) is 0 Å². The van der Waals surface area contributed by atoms with E-state index >= 15 is 0 Å². The molecule has 0 bridgehead atoms. The zero-order valence-electron chi connectivity index (χ0n) is 8.42. The van der Waals surface area contributed by atoms with E-state index in [-0.39, 0.29) is 5.91 Å². The molecule has 0 aromatic heterocycles. The van der Waals surface area contributed by atoms with Gasteiger partial charge >= 0.3 is 0 Å². The smallest absolute Gasteiger partial charge is 0.254 e. The highest BCUT2D eigenvalue weighted by molar-refractivity contribution is 6.34. The SMILES string of the molecule is COCCNC(=O)c1c(N)cccc1Cl. The number of amides is 1. The minimum absolute atomic E-state index is 0.282. The molecular weight excluding hydrogens is 216 g/mol. The number of rotatable bonds is 4. The van der Waals surface area contributed by atoms with Crippen LogP contribution >= 0.6 is 11.6 Å². The van der Waals surface area contributed by atoms with Gasteiger partial charge in [0.2, 0.25) is 0 Å². The molecule has 5 heteroatoms. The van der Waals surface area contributed by atoms with Gasteiger partial charge in [0.05, 0.1) is 17.2 Å². The Kier molecular flexibility index (Phi) is 4.39. The lowest BCUT2D eigenvalue weighted by Gasteiger charge is -2.08. The van der Waals surface area contributed by atoms with Crippen molar-refractivity contribution in [3.63, 3.8) is 0 Å². The number of carbonyl (C=O) groups is 1. The van der Waals surface area contributed by atoms with Crippen molar-refractivity contribution in [1.82, 2.24) is 5.32 Å². The van der Waals surface area contributed by atoms with Gasteiger partial charge in [-0.2, -0.15) is 0 Å². The third-order valence-electron chi connectivity index (χ3n) is 1.86. The molecule has 1 amide bonds. The quantitative estimate of drug-likeness (QED) is 0.603. The van der Waals surface area contributed by atoms with Crippen LogP contribution in [0.4, 0.5) is 5.69 Å². The predicted molar refractivity (Wildman–Crippen MR) is 60.1 cm³/mol. The predicted octanol–water partition coefficient (Wildman–Crippen LogP) is 1.30. The fourth-order valence-corrected chi connectivity index (χ4v) is 1.40. The molecule has 0 unspecified atom stereocenters. The lowest BCUT2D eigenvalue weighted by Crippen LogP contribution is -2.27. The maximum Gasteiger partial charge on any atom is 0.254 e. The third kappa shape index (κ3) is 3.11. The van der Waals surface area contributed by atoms with Crippen LogP contribution in [0.15, 0.2) is 18.2 Å². The van der Waals surface area contributed by atoms with E-state index in [2.05, 4.69) is 5.32 Å². The van der Waals surface area contributed by atoms with Crippen molar-refractivity contribution in [2.24, 2.45) is 0 Å². The van der Waals surface area contributed by atoms with E-state index in [1.807, 2.05) is 0 Å². The zero-order chi connectivity index (χ0) is 11.3. The van der Waals surface area contributed by atoms with Crippen LogP contribution in [0, 0.1) is 0 Å². The molecule has 0 atom stereocenters. The van der Waals surface area contributed by atoms with Gasteiger partial charge in [-0.05, 0) is 12.1 Å². The molecule has 4 nitrogen and oxygen atoms in total. The summed E-state index contributed by atoms with van der Waals surface area (Å²) in [5, 5.41) is 3.00. The first-order chi connectivity index (χ1) is 7.16. The van der Waals surface area contributed by atoms with Gasteiger partial charge in [0.1, 0.15) is 0 Å². The molecule has 82 valence electrons. The van der Waals surface area contributed by atoms with E-state index in [0.717, 1.165) is 0 Å². The number of nitrogen functional groups attached to an aromatic ring is 1. The second-order valence-electron chi connectivity index (χ2n) is 2.95. The maximum atomic E-state index is 11.6. The molecular formula is C10H13ClN2O2. The number of methoxy groups -OCH3 is 1. The second-order valence-corrected chi connectivity index (χ2v) is 3.36. The number of carbonyl (C=O) groups excluding carboxylic acids is 1. The number of benzene rings is 1. The Morgan fingerprint density at radius 1 is 1.60 bits per heavy atom. The summed E-state index contributed by atoms with van der Waals surface area (Å²) in [6, 6.07) is 4.96. The van der Waals surface area contributed by atoms with Crippen LogP contribution in [0.3, 0.4) is 0 Å². The van der Waals surface area contributed by atoms with Crippen molar-refractivity contribution < 1.29 is 9.53 Å². The van der Waals surface area contributed by atoms with Gasteiger partial charge in [-0.1, -0.05) is 17.7 Å². The molecule has 3 N–H and O–H groups in total. The summed E-state index contributed by atoms with van der Waals surface area (Å²) in [4.78, 5) is 11.6. The Labute approximate surface area is 93.4 Å². The molecule has 0 spiro atoms. The number of anilines is 1. The zero-order valence-corrected chi connectivity index (χ0v) is 9.17. The van der Waals surface area contributed by atoms with Gasteiger partial charge in [0.15, 0.2) is 0 Å². The number of nitrogens with one attached hydrogen (secondary N) is 1. The first-order valence-corrected chi connectivity index (χ1v) is 4.85. The van der Waals surface area contributed by atoms with E-state index in [1.54, 1.807) is 25.3 Å². The summed E-state index contributed by atoms with van der Waals surface area (Å²) in [5.41, 5.74) is 6.34. The van der Waals surface area contributed by atoms with Gasteiger partial charge in [-0.15, -0.1) is 0 Å². The molecule has 15 heavy (non-hydrogen) atoms. The molecule has 0 heterocycles. The maximum absolute atomic E-state index is 11.6. The second kappa shape index (κ2) is 5.58. The summed E-state index contributed by atoms with van der Waals surface area (Å²) in [5.74, 6) is -0.282. The van der Waals surface area contributed by atoms with Gasteiger partial charge in [0.25, 0.3) is 5.91 Å². The average Bonchev–Trinajstić information content (AvgIpc) is 2.18. The van der Waals surface area contributed by atoms with Crippen molar-refractivity contribution in [2.75, 3.05) is 26.0 Å². The number of hydrogen-bond acceptors (Lipinski definition) is 3. The number of halogens is 1. The van der Waals surface area contributed by atoms with Gasteiger partial charge < -0.3 is 15.8 Å². The van der Waals surface area contributed by atoms with E-state index in [0.29, 0.717) is 29.4 Å². The normalized spacial score (nSPS) is 10.0. The Morgan fingerprint density at radius 2 is 2.33 bits per heavy atom.